The van der Waals surface area contributed by atoms with Gasteiger partial charge in [0, 0.05) is 0 Å². The van der Waals surface area contributed by atoms with Gasteiger partial charge in [0.25, 0.3) is 0 Å². The van der Waals surface area contributed by atoms with Crippen molar-refractivity contribution in [2.24, 2.45) is 0 Å². The van der Waals surface area contributed by atoms with Crippen LogP contribution < -0.4 is 5.30 Å². The average Bonchev–Trinajstić information content (AvgIpc) is 2.92. The molecule has 82 valence electrons. The van der Waals surface area contributed by atoms with Crippen molar-refractivity contribution in [3.05, 3.63) is 29.3 Å². The van der Waals surface area contributed by atoms with Crippen LogP contribution in [0.2, 0.25) is 0 Å². The highest BCUT2D eigenvalue weighted by molar-refractivity contribution is 7.61. The van der Waals surface area contributed by atoms with Crippen LogP contribution in [0.15, 0.2) is 18.2 Å². The molecule has 0 radical (unpaired) electrons. The summed E-state index contributed by atoms with van der Waals surface area (Å²) in [6, 6.07) is 5.39. The van der Waals surface area contributed by atoms with Crippen LogP contribution in [0.5, 0.6) is 0 Å². The Labute approximate surface area is 89.6 Å². The molecule has 1 fully saturated rings. The molecule has 1 unspecified atom stereocenters. The van der Waals surface area contributed by atoms with Crippen molar-refractivity contribution >= 4 is 12.9 Å². The molecule has 2 rings (SSSR count). The highest BCUT2D eigenvalue weighted by atomic mass is 31.2. The Morgan fingerprint density at radius 1 is 1.40 bits per heavy atom. The predicted molar refractivity (Wildman–Crippen MR) is 59.5 cm³/mol. The van der Waals surface area contributed by atoms with Gasteiger partial charge >= 0.3 is 7.60 Å². The van der Waals surface area contributed by atoms with Gasteiger partial charge in [0.1, 0.15) is 0 Å². The minimum absolute atomic E-state index is 0.0132. The van der Waals surface area contributed by atoms with E-state index in [1.165, 1.54) is 0 Å². The van der Waals surface area contributed by atoms with Gasteiger partial charge in [0.2, 0.25) is 0 Å². The van der Waals surface area contributed by atoms with Crippen molar-refractivity contribution in [3.8, 4) is 0 Å². The molecule has 15 heavy (non-hydrogen) atoms. The number of hydrogen-bond donors (Lipinski definition) is 1. The maximum atomic E-state index is 12.0. The van der Waals surface area contributed by atoms with Crippen LogP contribution in [0, 0.1) is 13.8 Å². The first-order valence-corrected chi connectivity index (χ1v) is 6.66. The van der Waals surface area contributed by atoms with Crippen molar-refractivity contribution in [1.82, 2.24) is 0 Å². The molecule has 3 nitrogen and oxygen atoms in total. The maximum Gasteiger partial charge on any atom is 0.359 e. The van der Waals surface area contributed by atoms with Gasteiger partial charge in [-0.2, -0.15) is 0 Å². The Morgan fingerprint density at radius 2 is 2.07 bits per heavy atom. The molecule has 1 atom stereocenters. The van der Waals surface area contributed by atoms with Gasteiger partial charge in [0.05, 0.1) is 11.4 Å². The van der Waals surface area contributed by atoms with Crippen molar-refractivity contribution in [1.29, 1.82) is 0 Å². The Kier molecular flexibility index (Phi) is 2.72. The smallest absolute Gasteiger partial charge is 0.321 e. The van der Waals surface area contributed by atoms with Crippen LogP contribution >= 0.6 is 7.60 Å². The third kappa shape index (κ3) is 2.31. The summed E-state index contributed by atoms with van der Waals surface area (Å²) in [5.41, 5.74) is 1.87. The van der Waals surface area contributed by atoms with Crippen LogP contribution in [-0.2, 0) is 9.09 Å². The lowest BCUT2D eigenvalue weighted by Gasteiger charge is -2.15. The summed E-state index contributed by atoms with van der Waals surface area (Å²) in [5, 5.41) is 0.439. The van der Waals surface area contributed by atoms with Gasteiger partial charge in [0.15, 0.2) is 0 Å². The van der Waals surface area contributed by atoms with E-state index in [1.807, 2.05) is 19.9 Å². The third-order valence-electron chi connectivity index (χ3n) is 2.70. The van der Waals surface area contributed by atoms with E-state index in [-0.39, 0.29) is 6.10 Å². The first-order chi connectivity index (χ1) is 7.00. The summed E-state index contributed by atoms with van der Waals surface area (Å²) in [4.78, 5) is 9.83. The predicted octanol–water partition coefficient (Wildman–Crippen LogP) is 2.29. The zero-order valence-electron chi connectivity index (χ0n) is 8.93. The van der Waals surface area contributed by atoms with E-state index >= 15 is 0 Å². The molecule has 0 bridgehead atoms. The second kappa shape index (κ2) is 3.75. The molecule has 1 aliphatic rings. The van der Waals surface area contributed by atoms with Crippen LogP contribution in [0.25, 0.3) is 0 Å². The topological polar surface area (TPSA) is 46.5 Å². The van der Waals surface area contributed by atoms with E-state index in [2.05, 4.69) is 0 Å². The summed E-state index contributed by atoms with van der Waals surface area (Å²) < 4.78 is 17.2. The molecule has 4 heteroatoms. The zero-order chi connectivity index (χ0) is 11.1. The zero-order valence-corrected chi connectivity index (χ0v) is 9.83. The molecule has 1 N–H and O–H groups in total. The van der Waals surface area contributed by atoms with Gasteiger partial charge < -0.3 is 9.42 Å². The molecule has 0 spiro atoms. The summed E-state index contributed by atoms with van der Waals surface area (Å²) in [7, 11) is -3.60. The number of hydrogen-bond acceptors (Lipinski definition) is 2. The Bertz CT molecular complexity index is 424. The lowest BCUT2D eigenvalue weighted by atomic mass is 10.1. The van der Waals surface area contributed by atoms with E-state index in [4.69, 9.17) is 4.52 Å². The van der Waals surface area contributed by atoms with Gasteiger partial charge in [-0.3, -0.25) is 4.57 Å². The summed E-state index contributed by atoms with van der Waals surface area (Å²) in [5.74, 6) is 0. The lowest BCUT2D eigenvalue weighted by Crippen LogP contribution is -2.12. The summed E-state index contributed by atoms with van der Waals surface area (Å²) >= 11 is 0. The van der Waals surface area contributed by atoms with Crippen LogP contribution in [-0.4, -0.2) is 11.0 Å². The van der Waals surface area contributed by atoms with Crippen molar-refractivity contribution in [2.45, 2.75) is 32.8 Å². The van der Waals surface area contributed by atoms with E-state index in [9.17, 15) is 9.46 Å². The van der Waals surface area contributed by atoms with Gasteiger partial charge in [-0.15, -0.1) is 0 Å². The van der Waals surface area contributed by atoms with E-state index in [0.29, 0.717) is 5.30 Å². The SMILES string of the molecule is Cc1cccc(P(=O)(O)OC2CC2)c1C. The lowest BCUT2D eigenvalue weighted by molar-refractivity contribution is 0.258. The molecule has 0 aromatic heterocycles. The minimum atomic E-state index is -3.60. The fourth-order valence-corrected chi connectivity index (χ4v) is 3.08. The average molecular weight is 226 g/mol. The molecule has 1 aliphatic carbocycles. The van der Waals surface area contributed by atoms with Gasteiger partial charge in [-0.05, 0) is 43.9 Å². The Morgan fingerprint density at radius 3 is 2.67 bits per heavy atom. The molecule has 1 saturated carbocycles. The van der Waals surface area contributed by atoms with E-state index < -0.39 is 7.60 Å². The normalized spacial score (nSPS) is 19.9. The van der Waals surface area contributed by atoms with Gasteiger partial charge in [-0.25, -0.2) is 0 Å². The molecule has 0 heterocycles. The highest BCUT2D eigenvalue weighted by Gasteiger charge is 2.34. The Balaban J connectivity index is 2.34. The van der Waals surface area contributed by atoms with Crippen LogP contribution in [0.3, 0.4) is 0 Å². The second-order valence-corrected chi connectivity index (χ2v) is 5.78. The second-order valence-electron chi connectivity index (χ2n) is 4.04. The minimum Gasteiger partial charge on any atom is -0.321 e. The maximum absolute atomic E-state index is 12.0. The largest absolute Gasteiger partial charge is 0.359 e. The monoisotopic (exact) mass is 226 g/mol. The number of benzene rings is 1. The molecule has 1 aromatic carbocycles. The van der Waals surface area contributed by atoms with E-state index in [0.717, 1.165) is 24.0 Å². The summed E-state index contributed by atoms with van der Waals surface area (Å²) in [6.07, 6.45) is 1.78. The molecule has 0 amide bonds. The van der Waals surface area contributed by atoms with Crippen molar-refractivity contribution < 1.29 is 14.0 Å². The first kappa shape index (κ1) is 10.9. The first-order valence-electron chi connectivity index (χ1n) is 5.08. The van der Waals surface area contributed by atoms with Crippen molar-refractivity contribution in [2.75, 3.05) is 0 Å². The quantitative estimate of drug-likeness (QED) is 0.804. The van der Waals surface area contributed by atoms with Gasteiger partial charge in [-0.1, -0.05) is 12.1 Å². The fraction of sp³-hybridized carbons (Fsp3) is 0.455. The molecular formula is C11H15O3P. The Hall–Kier alpha value is -0.630. The molecule has 0 aliphatic heterocycles. The van der Waals surface area contributed by atoms with E-state index in [1.54, 1.807) is 12.1 Å². The van der Waals surface area contributed by atoms with Crippen LogP contribution in [0.4, 0.5) is 0 Å². The highest BCUT2D eigenvalue weighted by Crippen LogP contribution is 2.47. The van der Waals surface area contributed by atoms with Crippen molar-refractivity contribution in [3.63, 3.8) is 0 Å². The number of rotatable bonds is 3. The molecule has 1 aromatic rings. The molecular weight excluding hydrogens is 211 g/mol. The summed E-state index contributed by atoms with van der Waals surface area (Å²) in [6.45, 7) is 3.78. The third-order valence-corrected chi connectivity index (χ3v) is 4.37. The van der Waals surface area contributed by atoms with Crippen LogP contribution in [0.1, 0.15) is 24.0 Å². The standard InChI is InChI=1S/C11H15O3P/c1-8-4-3-5-11(9(8)2)15(12,13)14-10-6-7-10/h3-5,10H,6-7H2,1-2H3,(H,12,13). The molecule has 0 saturated heterocycles. The number of aryl methyl sites for hydroxylation is 1. The fourth-order valence-electron chi connectivity index (χ4n) is 1.47.